The number of likely N-dealkylation sites (N-methyl/N-ethyl adjacent to an activating group) is 1. The van der Waals surface area contributed by atoms with Crippen LogP contribution in [0, 0.1) is 5.41 Å². The van der Waals surface area contributed by atoms with Crippen LogP contribution in [0.25, 0.3) is 0 Å². The molecule has 0 rings (SSSR count). The fraction of sp³-hybridized carbons (Fsp3) is 0.800. The monoisotopic (exact) mass is 155 g/mol. The summed E-state index contributed by atoms with van der Waals surface area (Å²) in [7, 11) is 0. The number of nitrogens with one attached hydrogen (secondary N) is 1. The Labute approximate surface area is 70.9 Å². The van der Waals surface area contributed by atoms with E-state index in [1.165, 1.54) is 6.42 Å². The first-order chi connectivity index (χ1) is 5.08. The normalized spacial score (nSPS) is 14.5. The average Bonchev–Trinajstić information content (AvgIpc) is 2.00. The summed E-state index contributed by atoms with van der Waals surface area (Å²) in [5, 5.41) is 3.41. The molecule has 0 bridgehead atoms. The second-order valence-corrected chi connectivity index (χ2v) is 3.61. The summed E-state index contributed by atoms with van der Waals surface area (Å²) in [5.41, 5.74) is 0.331. The third-order valence-corrected chi connectivity index (χ3v) is 2.41. The minimum Gasteiger partial charge on any atom is -0.310 e. The molecule has 0 heterocycles. The molecule has 0 radical (unpaired) electrons. The van der Waals surface area contributed by atoms with E-state index < -0.39 is 0 Å². The Balaban J connectivity index is 4.10. The van der Waals surface area contributed by atoms with Crippen LogP contribution in [0.3, 0.4) is 0 Å². The fourth-order valence-electron chi connectivity index (χ4n) is 1.12. The average molecular weight is 155 g/mol. The van der Waals surface area contributed by atoms with Gasteiger partial charge in [0.2, 0.25) is 0 Å². The molecule has 1 nitrogen and oxygen atoms in total. The lowest BCUT2D eigenvalue weighted by Gasteiger charge is -2.31. The van der Waals surface area contributed by atoms with Gasteiger partial charge in [-0.1, -0.05) is 33.8 Å². The van der Waals surface area contributed by atoms with Gasteiger partial charge < -0.3 is 5.32 Å². The summed E-state index contributed by atoms with van der Waals surface area (Å²) in [5.74, 6) is 0. The predicted octanol–water partition coefficient (Wildman–Crippen LogP) is 2.59. The lowest BCUT2D eigenvalue weighted by molar-refractivity contribution is 0.274. The Kier molecular flexibility index (Phi) is 4.43. The Morgan fingerprint density at radius 2 is 2.00 bits per heavy atom. The molecule has 1 N–H and O–H groups in total. The lowest BCUT2D eigenvalue weighted by Crippen LogP contribution is -2.39. The Bertz CT molecular complexity index is 116. The summed E-state index contributed by atoms with van der Waals surface area (Å²) in [6.07, 6.45) is 3.18. The van der Waals surface area contributed by atoms with E-state index in [0.29, 0.717) is 11.5 Å². The molecule has 0 aliphatic rings. The first-order valence-electron chi connectivity index (χ1n) is 4.44. The number of hydrogen-bond acceptors (Lipinski definition) is 1. The summed E-state index contributed by atoms with van der Waals surface area (Å²) < 4.78 is 0. The molecular formula is C10H21N. The van der Waals surface area contributed by atoms with E-state index in [9.17, 15) is 0 Å². The molecule has 0 amide bonds. The highest BCUT2D eigenvalue weighted by Gasteiger charge is 2.23. The highest BCUT2D eigenvalue weighted by Crippen LogP contribution is 2.25. The van der Waals surface area contributed by atoms with Crippen molar-refractivity contribution in [2.24, 2.45) is 5.41 Å². The van der Waals surface area contributed by atoms with Crippen LogP contribution in [0.15, 0.2) is 12.7 Å². The smallest absolute Gasteiger partial charge is 0.0298 e. The van der Waals surface area contributed by atoms with E-state index in [4.69, 9.17) is 0 Å². The van der Waals surface area contributed by atoms with E-state index in [1.54, 1.807) is 0 Å². The van der Waals surface area contributed by atoms with Crippen molar-refractivity contribution in [3.8, 4) is 0 Å². The van der Waals surface area contributed by atoms with Crippen molar-refractivity contribution in [3.05, 3.63) is 12.7 Å². The molecule has 1 atom stereocenters. The molecule has 0 spiro atoms. The summed E-state index contributed by atoms with van der Waals surface area (Å²) in [6.45, 7) is 13.7. The van der Waals surface area contributed by atoms with Gasteiger partial charge in [0.15, 0.2) is 0 Å². The van der Waals surface area contributed by atoms with E-state index in [-0.39, 0.29) is 0 Å². The highest BCUT2D eigenvalue weighted by atomic mass is 14.9. The van der Waals surface area contributed by atoms with Crippen molar-refractivity contribution in [2.45, 2.75) is 40.2 Å². The molecular weight excluding hydrogens is 134 g/mol. The molecule has 0 fully saturated rings. The van der Waals surface area contributed by atoms with Gasteiger partial charge in [0, 0.05) is 6.04 Å². The maximum atomic E-state index is 3.83. The maximum Gasteiger partial charge on any atom is 0.0298 e. The van der Waals surface area contributed by atoms with Gasteiger partial charge in [-0.15, -0.1) is 6.58 Å². The van der Waals surface area contributed by atoms with Crippen molar-refractivity contribution in [1.82, 2.24) is 5.32 Å². The predicted molar refractivity (Wildman–Crippen MR) is 51.7 cm³/mol. The maximum absolute atomic E-state index is 3.83. The van der Waals surface area contributed by atoms with Crippen LogP contribution in [0.4, 0.5) is 0 Å². The molecule has 0 aliphatic carbocycles. The topological polar surface area (TPSA) is 12.0 Å². The van der Waals surface area contributed by atoms with Gasteiger partial charge in [-0.3, -0.25) is 0 Å². The van der Waals surface area contributed by atoms with Gasteiger partial charge in [-0.05, 0) is 18.4 Å². The Morgan fingerprint density at radius 1 is 1.45 bits per heavy atom. The van der Waals surface area contributed by atoms with Gasteiger partial charge in [0.25, 0.3) is 0 Å². The van der Waals surface area contributed by atoms with Gasteiger partial charge in [-0.2, -0.15) is 0 Å². The summed E-state index contributed by atoms with van der Waals surface area (Å²) in [6, 6.07) is 0.442. The second kappa shape index (κ2) is 4.55. The molecule has 0 aliphatic heterocycles. The van der Waals surface area contributed by atoms with E-state index in [0.717, 1.165) is 6.54 Å². The Morgan fingerprint density at radius 3 is 2.27 bits per heavy atom. The van der Waals surface area contributed by atoms with Crippen LogP contribution in [0.5, 0.6) is 0 Å². The van der Waals surface area contributed by atoms with Crippen molar-refractivity contribution in [1.29, 1.82) is 0 Å². The summed E-state index contributed by atoms with van der Waals surface area (Å²) in [4.78, 5) is 0. The van der Waals surface area contributed by atoms with E-state index >= 15 is 0 Å². The lowest BCUT2D eigenvalue weighted by atomic mass is 9.82. The van der Waals surface area contributed by atoms with Crippen LogP contribution in [0.1, 0.15) is 34.1 Å². The highest BCUT2D eigenvalue weighted by molar-refractivity contribution is 4.95. The molecule has 0 aromatic heterocycles. The molecule has 66 valence electrons. The van der Waals surface area contributed by atoms with Crippen molar-refractivity contribution < 1.29 is 0 Å². The Hall–Kier alpha value is -0.300. The molecule has 1 unspecified atom stereocenters. The molecule has 0 saturated carbocycles. The zero-order valence-electron chi connectivity index (χ0n) is 8.28. The minimum absolute atomic E-state index is 0.331. The number of rotatable bonds is 5. The minimum atomic E-state index is 0.331. The van der Waals surface area contributed by atoms with E-state index in [1.807, 2.05) is 6.08 Å². The van der Waals surface area contributed by atoms with Crippen LogP contribution >= 0.6 is 0 Å². The largest absolute Gasteiger partial charge is 0.310 e. The van der Waals surface area contributed by atoms with Crippen LogP contribution in [-0.2, 0) is 0 Å². The van der Waals surface area contributed by atoms with Crippen molar-refractivity contribution >= 4 is 0 Å². The van der Waals surface area contributed by atoms with Gasteiger partial charge >= 0.3 is 0 Å². The zero-order valence-corrected chi connectivity index (χ0v) is 8.28. The quantitative estimate of drug-likeness (QED) is 0.602. The van der Waals surface area contributed by atoms with Gasteiger partial charge in [-0.25, -0.2) is 0 Å². The van der Waals surface area contributed by atoms with Crippen LogP contribution in [-0.4, -0.2) is 12.6 Å². The van der Waals surface area contributed by atoms with E-state index in [2.05, 4.69) is 39.6 Å². The molecule has 0 aromatic carbocycles. The fourth-order valence-corrected chi connectivity index (χ4v) is 1.12. The second-order valence-electron chi connectivity index (χ2n) is 3.61. The molecule has 11 heavy (non-hydrogen) atoms. The van der Waals surface area contributed by atoms with Crippen LogP contribution < -0.4 is 5.32 Å². The van der Waals surface area contributed by atoms with Gasteiger partial charge in [0.1, 0.15) is 0 Å². The van der Waals surface area contributed by atoms with Gasteiger partial charge in [0.05, 0.1) is 0 Å². The first-order valence-corrected chi connectivity index (χ1v) is 4.44. The van der Waals surface area contributed by atoms with Crippen molar-refractivity contribution in [3.63, 3.8) is 0 Å². The number of hydrogen-bond donors (Lipinski definition) is 1. The summed E-state index contributed by atoms with van der Waals surface area (Å²) >= 11 is 0. The standard InChI is InChI=1S/C10H21N/c1-6-9(11-8-3)10(4,5)7-2/h6,9,11H,1,7-8H2,2-5H3. The third kappa shape index (κ3) is 3.06. The first kappa shape index (κ1) is 10.7. The third-order valence-electron chi connectivity index (χ3n) is 2.41. The SMILES string of the molecule is C=CC(NCC)C(C)(C)CC. The van der Waals surface area contributed by atoms with Crippen LogP contribution in [0.2, 0.25) is 0 Å². The molecule has 1 heteroatoms. The molecule has 0 saturated heterocycles. The van der Waals surface area contributed by atoms with Crippen molar-refractivity contribution in [2.75, 3.05) is 6.54 Å². The zero-order chi connectivity index (χ0) is 8.91. The molecule has 0 aromatic rings.